The number of hydrogen-bond acceptors (Lipinski definition) is 4. The standard InChI is InChI=1S/C27H17Cl2N3O/c28-21-11-10-19(14-22(21)29)23-24(25(33)18-7-2-1-3-8-18)32-13-12-17-6-4-5-9-20(17)26(32)27(23,15-30)16-31/h1-14,23-24,26H/t23-,24+,26+/m1/s1. The predicted molar refractivity (Wildman–Crippen MR) is 127 cm³/mol. The molecule has 0 aromatic heterocycles. The van der Waals surface area contributed by atoms with Crippen LogP contribution in [0.5, 0.6) is 0 Å². The highest BCUT2D eigenvalue weighted by atomic mass is 35.5. The lowest BCUT2D eigenvalue weighted by atomic mass is 9.67. The van der Waals surface area contributed by atoms with Gasteiger partial charge in [0.25, 0.3) is 0 Å². The molecule has 2 heterocycles. The Hall–Kier alpha value is -3.57. The topological polar surface area (TPSA) is 67.9 Å². The third-order valence-electron chi connectivity index (χ3n) is 6.57. The second kappa shape index (κ2) is 8.09. The van der Waals surface area contributed by atoms with Crippen molar-refractivity contribution in [3.63, 3.8) is 0 Å². The molecule has 0 bridgehead atoms. The van der Waals surface area contributed by atoms with Crippen molar-refractivity contribution in [2.45, 2.75) is 18.0 Å². The first-order valence-corrected chi connectivity index (χ1v) is 11.2. The third-order valence-corrected chi connectivity index (χ3v) is 7.31. The van der Waals surface area contributed by atoms with Gasteiger partial charge in [0, 0.05) is 17.7 Å². The molecule has 0 saturated carbocycles. The average Bonchev–Trinajstić information content (AvgIpc) is 3.17. The van der Waals surface area contributed by atoms with Crippen molar-refractivity contribution >= 4 is 35.1 Å². The minimum absolute atomic E-state index is 0.159. The van der Waals surface area contributed by atoms with Crippen LogP contribution in [0.15, 0.2) is 79.0 Å². The molecule has 0 radical (unpaired) electrons. The number of Topliss-reactive ketones (excluding diaryl/α,β-unsaturated/α-hetero) is 1. The highest BCUT2D eigenvalue weighted by Gasteiger charge is 2.63. The van der Waals surface area contributed by atoms with Gasteiger partial charge in [-0.2, -0.15) is 10.5 Å². The first-order valence-electron chi connectivity index (χ1n) is 10.4. The summed E-state index contributed by atoms with van der Waals surface area (Å²) in [6.07, 6.45) is 3.76. The van der Waals surface area contributed by atoms with E-state index in [1.54, 1.807) is 42.5 Å². The summed E-state index contributed by atoms with van der Waals surface area (Å²) in [7, 11) is 0. The van der Waals surface area contributed by atoms with E-state index < -0.39 is 23.4 Å². The molecule has 0 N–H and O–H groups in total. The Morgan fingerprint density at radius 3 is 2.30 bits per heavy atom. The van der Waals surface area contributed by atoms with Gasteiger partial charge in [0.2, 0.25) is 0 Å². The van der Waals surface area contributed by atoms with Crippen LogP contribution in [-0.2, 0) is 0 Å². The smallest absolute Gasteiger partial charge is 0.185 e. The van der Waals surface area contributed by atoms with Gasteiger partial charge in [-0.3, -0.25) is 4.79 Å². The number of halogens is 2. The highest BCUT2D eigenvalue weighted by molar-refractivity contribution is 6.42. The molecule has 2 aliphatic rings. The summed E-state index contributed by atoms with van der Waals surface area (Å²) in [4.78, 5) is 15.8. The van der Waals surface area contributed by atoms with Gasteiger partial charge in [0.1, 0.15) is 6.04 Å². The van der Waals surface area contributed by atoms with E-state index in [1.807, 2.05) is 47.5 Å². The lowest BCUT2D eigenvalue weighted by Crippen LogP contribution is -2.37. The number of nitrogens with zero attached hydrogens (tertiary/aromatic N) is 3. The molecule has 1 fully saturated rings. The molecule has 33 heavy (non-hydrogen) atoms. The maximum Gasteiger partial charge on any atom is 0.185 e. The normalized spacial score (nSPS) is 22.1. The molecule has 6 heteroatoms. The summed E-state index contributed by atoms with van der Waals surface area (Å²) in [5.74, 6) is -0.913. The van der Waals surface area contributed by atoms with E-state index in [1.165, 1.54) is 0 Å². The van der Waals surface area contributed by atoms with Crippen LogP contribution in [0.1, 0.15) is 39.0 Å². The van der Waals surface area contributed by atoms with Crippen molar-refractivity contribution in [1.82, 2.24) is 4.90 Å². The predicted octanol–water partition coefficient (Wildman–Crippen LogP) is 6.40. The minimum Gasteiger partial charge on any atom is -0.357 e. The maximum absolute atomic E-state index is 13.9. The van der Waals surface area contributed by atoms with E-state index >= 15 is 0 Å². The van der Waals surface area contributed by atoms with Crippen LogP contribution in [0.4, 0.5) is 0 Å². The molecule has 4 nitrogen and oxygen atoms in total. The molecule has 160 valence electrons. The molecular weight excluding hydrogens is 453 g/mol. The van der Waals surface area contributed by atoms with Crippen LogP contribution in [0, 0.1) is 28.1 Å². The number of carbonyl (C=O) groups excluding carboxylic acids is 1. The summed E-state index contributed by atoms with van der Waals surface area (Å²) < 4.78 is 0. The summed E-state index contributed by atoms with van der Waals surface area (Å²) in [6, 6.07) is 24.9. The molecular formula is C27H17Cl2N3O. The molecule has 1 saturated heterocycles. The number of fused-ring (bicyclic) bond motifs is 3. The third kappa shape index (κ3) is 3.15. The van der Waals surface area contributed by atoms with Crippen molar-refractivity contribution in [2.75, 3.05) is 0 Å². The molecule has 2 aliphatic heterocycles. The zero-order chi connectivity index (χ0) is 23.2. The Bertz CT molecular complexity index is 1360. The molecule has 0 spiro atoms. The molecule has 3 aromatic rings. The van der Waals surface area contributed by atoms with Gasteiger partial charge < -0.3 is 4.90 Å². The molecule has 0 aliphatic carbocycles. The van der Waals surface area contributed by atoms with E-state index in [4.69, 9.17) is 23.2 Å². The van der Waals surface area contributed by atoms with Gasteiger partial charge in [-0.1, -0.05) is 83.9 Å². The van der Waals surface area contributed by atoms with Crippen LogP contribution >= 0.6 is 23.2 Å². The van der Waals surface area contributed by atoms with Crippen LogP contribution in [0.3, 0.4) is 0 Å². The largest absolute Gasteiger partial charge is 0.357 e. The van der Waals surface area contributed by atoms with E-state index in [2.05, 4.69) is 12.1 Å². The van der Waals surface area contributed by atoms with E-state index in [9.17, 15) is 15.3 Å². The number of carbonyl (C=O) groups is 1. The van der Waals surface area contributed by atoms with Gasteiger partial charge in [0.15, 0.2) is 11.2 Å². The van der Waals surface area contributed by atoms with Gasteiger partial charge >= 0.3 is 0 Å². The fraction of sp³-hybridized carbons (Fsp3) is 0.148. The van der Waals surface area contributed by atoms with Crippen molar-refractivity contribution in [3.05, 3.63) is 111 Å². The summed E-state index contributed by atoms with van der Waals surface area (Å²) in [5, 5.41) is 21.7. The van der Waals surface area contributed by atoms with Crippen molar-refractivity contribution in [2.24, 2.45) is 5.41 Å². The Morgan fingerprint density at radius 2 is 1.61 bits per heavy atom. The molecule has 5 rings (SSSR count). The van der Waals surface area contributed by atoms with Crippen LogP contribution in [-0.4, -0.2) is 16.7 Å². The Morgan fingerprint density at radius 1 is 0.909 bits per heavy atom. The maximum atomic E-state index is 13.9. The average molecular weight is 470 g/mol. The van der Waals surface area contributed by atoms with Crippen LogP contribution in [0.2, 0.25) is 10.0 Å². The second-order valence-electron chi connectivity index (χ2n) is 8.21. The SMILES string of the molecule is N#CC1(C#N)[C@H](c2ccc(Cl)c(Cl)c2)[C@@H](C(=O)c2ccccc2)N2C=Cc3ccccc3[C@H]21. The highest BCUT2D eigenvalue weighted by Crippen LogP contribution is 2.60. The molecule has 3 atom stereocenters. The van der Waals surface area contributed by atoms with E-state index in [-0.39, 0.29) is 5.78 Å². The van der Waals surface area contributed by atoms with Crippen LogP contribution in [0.25, 0.3) is 6.08 Å². The molecule has 0 unspecified atom stereocenters. The summed E-state index contributed by atoms with van der Waals surface area (Å²) in [5.41, 5.74) is 1.38. The quantitative estimate of drug-likeness (QED) is 0.415. The van der Waals surface area contributed by atoms with Crippen molar-refractivity contribution in [3.8, 4) is 12.1 Å². The number of nitriles is 2. The van der Waals surface area contributed by atoms with Crippen molar-refractivity contribution in [1.29, 1.82) is 10.5 Å². The minimum atomic E-state index is -1.53. The van der Waals surface area contributed by atoms with Crippen LogP contribution < -0.4 is 0 Å². The fourth-order valence-corrected chi connectivity index (χ4v) is 5.45. The number of hydrogen-bond donors (Lipinski definition) is 0. The molecule has 0 amide bonds. The van der Waals surface area contributed by atoms with Crippen molar-refractivity contribution < 1.29 is 4.79 Å². The lowest BCUT2D eigenvalue weighted by Gasteiger charge is -2.34. The van der Waals surface area contributed by atoms with Gasteiger partial charge in [0.05, 0.1) is 28.2 Å². The lowest BCUT2D eigenvalue weighted by molar-refractivity contribution is 0.0874. The molecule has 3 aromatic carbocycles. The monoisotopic (exact) mass is 469 g/mol. The second-order valence-corrected chi connectivity index (χ2v) is 9.03. The first-order chi connectivity index (χ1) is 16.0. The van der Waals surface area contributed by atoms with Gasteiger partial charge in [-0.15, -0.1) is 0 Å². The van der Waals surface area contributed by atoms with E-state index in [0.29, 0.717) is 21.2 Å². The summed E-state index contributed by atoms with van der Waals surface area (Å²) >= 11 is 12.5. The zero-order valence-corrected chi connectivity index (χ0v) is 18.8. The Labute approximate surface area is 201 Å². The number of benzene rings is 3. The zero-order valence-electron chi connectivity index (χ0n) is 17.3. The fourth-order valence-electron chi connectivity index (χ4n) is 5.15. The Balaban J connectivity index is 1.79. The van der Waals surface area contributed by atoms with Gasteiger partial charge in [-0.25, -0.2) is 0 Å². The Kier molecular flexibility index (Phi) is 5.22. The van der Waals surface area contributed by atoms with E-state index in [0.717, 1.165) is 11.1 Å². The number of ketones is 1. The summed E-state index contributed by atoms with van der Waals surface area (Å²) in [6.45, 7) is 0. The first kappa shape index (κ1) is 21.3. The number of rotatable bonds is 3. The van der Waals surface area contributed by atoms with Gasteiger partial charge in [-0.05, 0) is 34.9 Å².